The summed E-state index contributed by atoms with van der Waals surface area (Å²) in [5.74, 6) is 0.195. The van der Waals surface area contributed by atoms with Crippen LogP contribution < -0.4 is 0 Å². The molecule has 2 fully saturated rings. The number of hydrogen-bond acceptors (Lipinski definition) is 2. The fourth-order valence-electron chi connectivity index (χ4n) is 3.19. The van der Waals surface area contributed by atoms with E-state index in [1.807, 2.05) is 0 Å². The van der Waals surface area contributed by atoms with Crippen LogP contribution >= 0.6 is 0 Å². The monoisotopic (exact) mass is 286 g/mol. The molecule has 0 bridgehead atoms. The van der Waals surface area contributed by atoms with Crippen molar-refractivity contribution in [3.05, 3.63) is 29.6 Å². The lowest BCUT2D eigenvalue weighted by Gasteiger charge is -2.58. The maximum Gasteiger partial charge on any atom is 0.433 e. The van der Waals surface area contributed by atoms with Crippen molar-refractivity contribution in [3.8, 4) is 0 Å². The molecule has 4 nitrogen and oxygen atoms in total. The number of amides is 1. The fourth-order valence-corrected chi connectivity index (χ4v) is 3.19. The Kier molecular flexibility index (Phi) is 2.71. The Morgan fingerprint density at radius 2 is 2.00 bits per heavy atom. The summed E-state index contributed by atoms with van der Waals surface area (Å²) in [4.78, 5) is 15.5. The van der Waals surface area contributed by atoms with Crippen molar-refractivity contribution in [2.75, 3.05) is 13.1 Å². The zero-order chi connectivity index (χ0) is 14.5. The second kappa shape index (κ2) is 4.10. The van der Waals surface area contributed by atoms with Gasteiger partial charge in [0.1, 0.15) is 5.69 Å². The molecular formula is C13H13F3N2O2. The van der Waals surface area contributed by atoms with Gasteiger partial charge in [0.2, 0.25) is 0 Å². The van der Waals surface area contributed by atoms with E-state index in [4.69, 9.17) is 5.11 Å². The third-order valence-corrected chi connectivity index (χ3v) is 4.23. The summed E-state index contributed by atoms with van der Waals surface area (Å²) >= 11 is 0. The van der Waals surface area contributed by atoms with Crippen LogP contribution in [0.3, 0.4) is 0 Å². The van der Waals surface area contributed by atoms with Crippen molar-refractivity contribution in [3.63, 3.8) is 0 Å². The first-order valence-electron chi connectivity index (χ1n) is 6.30. The number of aromatic nitrogens is 1. The van der Waals surface area contributed by atoms with Crippen molar-refractivity contribution in [2.45, 2.75) is 24.9 Å². The highest BCUT2D eigenvalue weighted by Gasteiger charge is 2.54. The van der Waals surface area contributed by atoms with Crippen LogP contribution in [0.15, 0.2) is 18.3 Å². The van der Waals surface area contributed by atoms with Gasteiger partial charge in [-0.25, -0.2) is 4.79 Å². The van der Waals surface area contributed by atoms with Crippen LogP contribution in [0.2, 0.25) is 0 Å². The molecule has 0 radical (unpaired) electrons. The topological polar surface area (TPSA) is 53.4 Å². The number of carboxylic acid groups (broad SMARTS) is 1. The second-order valence-corrected chi connectivity index (χ2v) is 5.72. The number of nitrogens with zero attached hydrogens (tertiary/aromatic N) is 2. The van der Waals surface area contributed by atoms with E-state index >= 15 is 0 Å². The Morgan fingerprint density at radius 3 is 2.45 bits per heavy atom. The molecule has 1 saturated heterocycles. The van der Waals surface area contributed by atoms with Crippen LogP contribution in [-0.2, 0) is 6.18 Å². The summed E-state index contributed by atoms with van der Waals surface area (Å²) in [6.07, 6.45) is -2.38. The first-order valence-corrected chi connectivity index (χ1v) is 6.30. The molecular weight excluding hydrogens is 273 g/mol. The molecule has 1 aliphatic heterocycles. The molecule has 0 unspecified atom stereocenters. The second-order valence-electron chi connectivity index (χ2n) is 5.72. The molecule has 1 spiro atoms. The highest BCUT2D eigenvalue weighted by Crippen LogP contribution is 2.55. The van der Waals surface area contributed by atoms with Crippen LogP contribution in [0.1, 0.15) is 30.0 Å². The van der Waals surface area contributed by atoms with Crippen molar-refractivity contribution in [2.24, 2.45) is 5.41 Å². The Labute approximate surface area is 113 Å². The number of pyridine rings is 1. The van der Waals surface area contributed by atoms with E-state index < -0.39 is 18.0 Å². The van der Waals surface area contributed by atoms with Crippen molar-refractivity contribution in [1.29, 1.82) is 0 Å². The summed E-state index contributed by atoms with van der Waals surface area (Å²) < 4.78 is 37.2. The minimum Gasteiger partial charge on any atom is -0.465 e. The lowest BCUT2D eigenvalue weighted by Crippen LogP contribution is -2.62. The SMILES string of the molecule is O=C(O)N1CC2(CC(c3ccc(C(F)(F)F)nc3)C2)C1. The minimum absolute atomic E-state index is 0.0474. The number of alkyl halides is 3. The van der Waals surface area contributed by atoms with Crippen molar-refractivity contribution in [1.82, 2.24) is 9.88 Å². The van der Waals surface area contributed by atoms with Gasteiger partial charge in [0.25, 0.3) is 0 Å². The van der Waals surface area contributed by atoms with Gasteiger partial charge in [-0.3, -0.25) is 4.98 Å². The molecule has 1 aliphatic carbocycles. The predicted molar refractivity (Wildman–Crippen MR) is 63.2 cm³/mol. The highest BCUT2D eigenvalue weighted by molar-refractivity contribution is 5.66. The van der Waals surface area contributed by atoms with Crippen LogP contribution in [0.5, 0.6) is 0 Å². The van der Waals surface area contributed by atoms with E-state index in [9.17, 15) is 18.0 Å². The molecule has 7 heteroatoms. The average molecular weight is 286 g/mol. The van der Waals surface area contributed by atoms with Gasteiger partial charge in [-0.05, 0) is 30.4 Å². The molecule has 0 aromatic carbocycles. The van der Waals surface area contributed by atoms with Gasteiger partial charge in [0.05, 0.1) is 0 Å². The van der Waals surface area contributed by atoms with Crippen LogP contribution in [0, 0.1) is 5.41 Å². The third kappa shape index (κ3) is 2.10. The van der Waals surface area contributed by atoms with Gasteiger partial charge in [0.15, 0.2) is 0 Å². The largest absolute Gasteiger partial charge is 0.465 e. The van der Waals surface area contributed by atoms with E-state index in [2.05, 4.69) is 4.98 Å². The standard InChI is InChI=1S/C13H13F3N2O2/c14-13(15,16)10-2-1-8(5-17-10)9-3-12(4-9)6-18(7-12)11(19)20/h1-2,5,9H,3-4,6-7H2,(H,19,20). The molecule has 20 heavy (non-hydrogen) atoms. The fraction of sp³-hybridized carbons (Fsp3) is 0.538. The van der Waals surface area contributed by atoms with Gasteiger partial charge >= 0.3 is 12.3 Å². The molecule has 1 amide bonds. The highest BCUT2D eigenvalue weighted by atomic mass is 19.4. The Morgan fingerprint density at radius 1 is 1.35 bits per heavy atom. The molecule has 2 aliphatic rings. The summed E-state index contributed by atoms with van der Waals surface area (Å²) in [7, 11) is 0. The summed E-state index contributed by atoms with van der Waals surface area (Å²) in [6.45, 7) is 1.07. The van der Waals surface area contributed by atoms with Gasteiger partial charge in [-0.2, -0.15) is 13.2 Å². The molecule has 1 aromatic rings. The number of hydrogen-bond donors (Lipinski definition) is 1. The van der Waals surface area contributed by atoms with E-state index in [0.717, 1.165) is 24.5 Å². The van der Waals surface area contributed by atoms with Crippen LogP contribution in [-0.4, -0.2) is 34.2 Å². The number of halogens is 3. The van der Waals surface area contributed by atoms with E-state index in [0.29, 0.717) is 13.1 Å². The Bertz CT molecular complexity index is 528. The zero-order valence-electron chi connectivity index (χ0n) is 10.5. The molecule has 108 valence electrons. The van der Waals surface area contributed by atoms with Gasteiger partial charge in [-0.1, -0.05) is 6.07 Å². The van der Waals surface area contributed by atoms with Gasteiger partial charge in [-0.15, -0.1) is 0 Å². The first-order chi connectivity index (χ1) is 9.29. The number of likely N-dealkylation sites (tertiary alicyclic amines) is 1. The maximum atomic E-state index is 12.4. The maximum absolute atomic E-state index is 12.4. The molecule has 1 N–H and O–H groups in total. The molecule has 1 aromatic heterocycles. The number of carbonyl (C=O) groups is 1. The molecule has 0 atom stereocenters. The summed E-state index contributed by atoms with van der Waals surface area (Å²) in [6, 6.07) is 2.48. The van der Waals surface area contributed by atoms with Crippen molar-refractivity contribution < 1.29 is 23.1 Å². The smallest absolute Gasteiger partial charge is 0.433 e. The molecule has 1 saturated carbocycles. The van der Waals surface area contributed by atoms with E-state index in [1.165, 1.54) is 17.2 Å². The molecule has 2 heterocycles. The van der Waals surface area contributed by atoms with E-state index in [1.54, 1.807) is 0 Å². The number of rotatable bonds is 1. The van der Waals surface area contributed by atoms with E-state index in [-0.39, 0.29) is 11.3 Å². The predicted octanol–water partition coefficient (Wildman–Crippen LogP) is 2.96. The third-order valence-electron chi connectivity index (χ3n) is 4.23. The first kappa shape index (κ1) is 13.2. The van der Waals surface area contributed by atoms with Crippen molar-refractivity contribution >= 4 is 6.09 Å². The summed E-state index contributed by atoms with van der Waals surface area (Å²) in [5.41, 5.74) is -0.0282. The van der Waals surface area contributed by atoms with Crippen LogP contribution in [0.4, 0.5) is 18.0 Å². The minimum atomic E-state index is -4.41. The van der Waals surface area contributed by atoms with Gasteiger partial charge < -0.3 is 10.0 Å². The Balaban J connectivity index is 1.60. The van der Waals surface area contributed by atoms with Crippen LogP contribution in [0.25, 0.3) is 0 Å². The quantitative estimate of drug-likeness (QED) is 0.863. The lowest BCUT2D eigenvalue weighted by atomic mass is 9.56. The molecule has 3 rings (SSSR count). The zero-order valence-corrected chi connectivity index (χ0v) is 10.5. The lowest BCUT2D eigenvalue weighted by molar-refractivity contribution is -0.141. The Hall–Kier alpha value is -1.79. The normalized spacial score (nSPS) is 21.4. The summed E-state index contributed by atoms with van der Waals surface area (Å²) in [5, 5.41) is 8.78. The van der Waals surface area contributed by atoms with Gasteiger partial charge in [0, 0.05) is 24.7 Å². The average Bonchev–Trinajstić information content (AvgIpc) is 2.24.